The number of rotatable bonds is 7. The molecule has 2 aliphatic heterocycles. The lowest BCUT2D eigenvalue weighted by atomic mass is 9.65. The van der Waals surface area contributed by atoms with Crippen LogP contribution in [-0.4, -0.2) is 58.2 Å². The standard InChI is InChI=1S/C26H32Cl2FN5O2/c1-15(20-6-5-18(27)8-21(20)28)31-23-22(29)11-30-25(32-23)34-13-17(14-34)16-4-3-7-33(12-16)19-9-26(2,10-19)24(35)36/h5-6,8,11,15-17,19H,3-4,7,9-10,12-14H2,1-2H3,(H,35,36)(H,30,31,32)/t15-,16+,19?,26?/m1/s1. The lowest BCUT2D eigenvalue weighted by molar-refractivity contribution is -0.158. The predicted molar refractivity (Wildman–Crippen MR) is 139 cm³/mol. The Morgan fingerprint density at radius 1 is 1.25 bits per heavy atom. The van der Waals surface area contributed by atoms with Crippen molar-refractivity contribution in [3.8, 4) is 0 Å². The highest BCUT2D eigenvalue weighted by Crippen LogP contribution is 2.45. The average Bonchev–Trinajstić information content (AvgIpc) is 2.78. The van der Waals surface area contributed by atoms with Gasteiger partial charge in [-0.25, -0.2) is 9.37 Å². The van der Waals surface area contributed by atoms with Gasteiger partial charge in [-0.2, -0.15) is 4.98 Å². The number of piperidine rings is 1. The molecule has 3 fully saturated rings. The topological polar surface area (TPSA) is 81.6 Å². The van der Waals surface area contributed by atoms with Gasteiger partial charge < -0.3 is 20.2 Å². The van der Waals surface area contributed by atoms with Crippen LogP contribution in [0.3, 0.4) is 0 Å². The van der Waals surface area contributed by atoms with E-state index in [4.69, 9.17) is 23.2 Å². The smallest absolute Gasteiger partial charge is 0.309 e. The first-order chi connectivity index (χ1) is 17.1. The Bertz CT molecular complexity index is 1140. The first-order valence-corrected chi connectivity index (χ1v) is 13.3. The number of aliphatic carboxylic acids is 1. The van der Waals surface area contributed by atoms with Crippen LogP contribution in [-0.2, 0) is 4.79 Å². The maximum atomic E-state index is 14.5. The highest BCUT2D eigenvalue weighted by Gasteiger charge is 2.49. The molecule has 0 radical (unpaired) electrons. The Balaban J connectivity index is 1.17. The highest BCUT2D eigenvalue weighted by molar-refractivity contribution is 6.35. The lowest BCUT2D eigenvalue weighted by Crippen LogP contribution is -2.58. The van der Waals surface area contributed by atoms with Crippen LogP contribution < -0.4 is 10.2 Å². The second kappa shape index (κ2) is 9.95. The Kier molecular flexibility index (Phi) is 7.05. The van der Waals surface area contributed by atoms with Crippen LogP contribution in [0.1, 0.15) is 51.1 Å². The van der Waals surface area contributed by atoms with E-state index in [9.17, 15) is 14.3 Å². The molecular formula is C26H32Cl2FN5O2. The van der Waals surface area contributed by atoms with E-state index in [0.29, 0.717) is 33.9 Å². The van der Waals surface area contributed by atoms with Crippen LogP contribution in [0.2, 0.25) is 10.0 Å². The number of anilines is 2. The maximum absolute atomic E-state index is 14.5. The number of nitrogens with zero attached hydrogens (tertiary/aromatic N) is 4. The fourth-order valence-electron chi connectivity index (χ4n) is 5.89. The second-order valence-corrected chi connectivity index (χ2v) is 11.7. The number of benzene rings is 1. The van der Waals surface area contributed by atoms with E-state index in [1.54, 1.807) is 12.1 Å². The molecule has 7 nitrogen and oxygen atoms in total. The van der Waals surface area contributed by atoms with E-state index < -0.39 is 17.2 Å². The van der Waals surface area contributed by atoms with Gasteiger partial charge in [-0.15, -0.1) is 0 Å². The summed E-state index contributed by atoms with van der Waals surface area (Å²) in [6.45, 7) is 7.52. The molecule has 1 aromatic carbocycles. The molecule has 1 saturated carbocycles. The van der Waals surface area contributed by atoms with Crippen molar-refractivity contribution in [2.45, 2.75) is 51.6 Å². The third kappa shape index (κ3) is 5.00. The molecule has 2 saturated heterocycles. The van der Waals surface area contributed by atoms with Crippen LogP contribution in [0.15, 0.2) is 24.4 Å². The summed E-state index contributed by atoms with van der Waals surface area (Å²) in [7, 11) is 0. The summed E-state index contributed by atoms with van der Waals surface area (Å²) >= 11 is 12.3. The molecule has 2 N–H and O–H groups in total. The molecule has 194 valence electrons. The largest absolute Gasteiger partial charge is 0.481 e. The van der Waals surface area contributed by atoms with Gasteiger partial charge in [0, 0.05) is 35.7 Å². The number of carboxylic acids is 1. The lowest BCUT2D eigenvalue weighted by Gasteiger charge is -2.52. The fourth-order valence-corrected chi connectivity index (χ4v) is 6.46. The second-order valence-electron chi connectivity index (χ2n) is 10.9. The molecule has 3 heterocycles. The van der Waals surface area contributed by atoms with E-state index in [2.05, 4.69) is 25.1 Å². The Labute approximate surface area is 221 Å². The number of nitrogens with one attached hydrogen (secondary N) is 1. The molecule has 0 amide bonds. The zero-order chi connectivity index (χ0) is 25.6. The van der Waals surface area contributed by atoms with Gasteiger partial charge in [0.2, 0.25) is 5.95 Å². The summed E-state index contributed by atoms with van der Waals surface area (Å²) in [4.78, 5) is 24.8. The number of halogens is 3. The molecule has 0 unspecified atom stereocenters. The van der Waals surface area contributed by atoms with E-state index in [0.717, 1.165) is 51.0 Å². The van der Waals surface area contributed by atoms with Crippen LogP contribution in [0.25, 0.3) is 0 Å². The molecule has 2 atom stereocenters. The summed E-state index contributed by atoms with van der Waals surface area (Å²) < 4.78 is 14.5. The van der Waals surface area contributed by atoms with E-state index in [1.807, 2.05) is 19.9 Å². The van der Waals surface area contributed by atoms with Crippen LogP contribution in [0, 0.1) is 23.1 Å². The molecule has 5 rings (SSSR count). The number of likely N-dealkylation sites (tertiary alicyclic amines) is 1. The quantitative estimate of drug-likeness (QED) is 0.484. The molecule has 0 spiro atoms. The van der Waals surface area contributed by atoms with Crippen molar-refractivity contribution in [3.05, 3.63) is 45.8 Å². The predicted octanol–water partition coefficient (Wildman–Crippen LogP) is 5.50. The normalized spacial score (nSPS) is 27.8. The average molecular weight is 536 g/mol. The van der Waals surface area contributed by atoms with E-state index >= 15 is 0 Å². The van der Waals surface area contributed by atoms with Gasteiger partial charge in [0.05, 0.1) is 17.7 Å². The first-order valence-electron chi connectivity index (χ1n) is 12.6. The molecule has 36 heavy (non-hydrogen) atoms. The maximum Gasteiger partial charge on any atom is 0.309 e. The number of hydrogen-bond donors (Lipinski definition) is 2. The molecule has 10 heteroatoms. The van der Waals surface area contributed by atoms with Gasteiger partial charge in [-0.1, -0.05) is 29.3 Å². The molecule has 0 bridgehead atoms. The monoisotopic (exact) mass is 535 g/mol. The van der Waals surface area contributed by atoms with Gasteiger partial charge in [-0.05, 0) is 75.6 Å². The summed E-state index contributed by atoms with van der Waals surface area (Å²) in [5, 5.41) is 13.6. The molecule has 2 aromatic rings. The minimum absolute atomic E-state index is 0.150. The number of carbonyl (C=O) groups is 1. The zero-order valence-electron chi connectivity index (χ0n) is 20.6. The third-order valence-corrected chi connectivity index (χ3v) is 8.83. The van der Waals surface area contributed by atoms with Crippen molar-refractivity contribution >= 4 is 40.9 Å². The van der Waals surface area contributed by atoms with Crippen molar-refractivity contribution in [2.75, 3.05) is 36.4 Å². The van der Waals surface area contributed by atoms with Crippen LogP contribution >= 0.6 is 23.2 Å². The Morgan fingerprint density at radius 3 is 2.69 bits per heavy atom. The van der Waals surface area contributed by atoms with E-state index in [1.165, 1.54) is 12.6 Å². The van der Waals surface area contributed by atoms with Crippen molar-refractivity contribution in [1.82, 2.24) is 14.9 Å². The number of aromatic nitrogens is 2. The number of carboxylic acid groups (broad SMARTS) is 1. The van der Waals surface area contributed by atoms with Crippen LogP contribution in [0.4, 0.5) is 16.2 Å². The summed E-state index contributed by atoms with van der Waals surface area (Å²) in [5.74, 6) is 0.600. The minimum atomic E-state index is -0.680. The fraction of sp³-hybridized carbons (Fsp3) is 0.577. The zero-order valence-corrected chi connectivity index (χ0v) is 22.1. The van der Waals surface area contributed by atoms with Crippen LogP contribution in [0.5, 0.6) is 0 Å². The van der Waals surface area contributed by atoms with E-state index in [-0.39, 0.29) is 11.9 Å². The number of hydrogen-bond acceptors (Lipinski definition) is 6. The SMILES string of the molecule is C[C@@H](Nc1nc(N2CC([C@H]3CCCN(C4CC(C)(C(=O)O)C4)C3)C2)ncc1F)c1ccc(Cl)cc1Cl. The van der Waals surface area contributed by atoms with Crippen molar-refractivity contribution in [2.24, 2.45) is 17.3 Å². The molecular weight excluding hydrogens is 504 g/mol. The first kappa shape index (κ1) is 25.5. The summed E-state index contributed by atoms with van der Waals surface area (Å²) in [5.41, 5.74) is 0.244. The Hall–Kier alpha value is -2.16. The highest BCUT2D eigenvalue weighted by atomic mass is 35.5. The van der Waals surface area contributed by atoms with Crippen molar-refractivity contribution in [3.63, 3.8) is 0 Å². The van der Waals surface area contributed by atoms with Gasteiger partial charge in [0.1, 0.15) is 0 Å². The van der Waals surface area contributed by atoms with Gasteiger partial charge in [-0.3, -0.25) is 4.79 Å². The summed E-state index contributed by atoms with van der Waals surface area (Å²) in [6, 6.07) is 5.36. The van der Waals surface area contributed by atoms with Crippen molar-refractivity contribution < 1.29 is 14.3 Å². The van der Waals surface area contributed by atoms with Gasteiger partial charge >= 0.3 is 5.97 Å². The van der Waals surface area contributed by atoms with Gasteiger partial charge in [0.25, 0.3) is 0 Å². The van der Waals surface area contributed by atoms with Gasteiger partial charge in [0.15, 0.2) is 11.6 Å². The molecule has 1 aliphatic carbocycles. The minimum Gasteiger partial charge on any atom is -0.481 e. The summed E-state index contributed by atoms with van der Waals surface area (Å²) in [6.07, 6.45) is 5.03. The third-order valence-electron chi connectivity index (χ3n) is 8.27. The molecule has 1 aromatic heterocycles. The van der Waals surface area contributed by atoms with Crippen molar-refractivity contribution in [1.29, 1.82) is 0 Å². The molecule has 3 aliphatic rings. The Morgan fingerprint density at radius 2 is 2.00 bits per heavy atom.